The maximum absolute atomic E-state index is 12.7. The molecule has 0 aromatic heterocycles. The number of benzene rings is 1. The lowest BCUT2D eigenvalue weighted by atomic mass is 10.2. The second kappa shape index (κ2) is 9.38. The summed E-state index contributed by atoms with van der Waals surface area (Å²) in [6.45, 7) is 6.59. The second-order valence-electron chi connectivity index (χ2n) is 5.40. The van der Waals surface area contributed by atoms with Crippen LogP contribution in [-0.4, -0.2) is 42.6 Å². The summed E-state index contributed by atoms with van der Waals surface area (Å²) in [5.74, 6) is 0.789. The van der Waals surface area contributed by atoms with Gasteiger partial charge in [0.1, 0.15) is 5.75 Å². The molecule has 1 aliphatic rings. The number of hydrogen-bond acceptors (Lipinski definition) is 3. The van der Waals surface area contributed by atoms with Crippen molar-refractivity contribution in [1.82, 2.24) is 10.2 Å². The molecule has 0 bridgehead atoms. The van der Waals surface area contributed by atoms with Gasteiger partial charge in [0.25, 0.3) is 5.91 Å². The van der Waals surface area contributed by atoms with Crippen molar-refractivity contribution in [3.05, 3.63) is 28.7 Å². The highest BCUT2D eigenvalue weighted by molar-refractivity contribution is 9.10. The van der Waals surface area contributed by atoms with Crippen LogP contribution in [-0.2, 0) is 4.79 Å². The van der Waals surface area contributed by atoms with E-state index in [2.05, 4.69) is 28.2 Å². The molecule has 0 saturated carbocycles. The van der Waals surface area contributed by atoms with Crippen molar-refractivity contribution in [2.24, 2.45) is 0 Å². The van der Waals surface area contributed by atoms with E-state index in [9.17, 15) is 4.79 Å². The van der Waals surface area contributed by atoms with E-state index in [-0.39, 0.29) is 18.3 Å². The molecule has 1 fully saturated rings. The van der Waals surface area contributed by atoms with E-state index in [0.717, 1.165) is 36.9 Å². The van der Waals surface area contributed by atoms with E-state index in [1.54, 1.807) is 0 Å². The Morgan fingerprint density at radius 3 is 2.91 bits per heavy atom. The molecule has 1 saturated heterocycles. The molecule has 124 valence electrons. The summed E-state index contributed by atoms with van der Waals surface area (Å²) in [7, 11) is 0. The normalized spacial score (nSPS) is 18.4. The minimum Gasteiger partial charge on any atom is -0.481 e. The first-order valence-corrected chi connectivity index (χ1v) is 8.34. The Labute approximate surface area is 147 Å². The van der Waals surface area contributed by atoms with Crippen LogP contribution in [0.5, 0.6) is 5.75 Å². The number of rotatable bonds is 6. The smallest absolute Gasteiger partial charge is 0.263 e. The lowest BCUT2D eigenvalue weighted by molar-refractivity contribution is -0.140. The van der Waals surface area contributed by atoms with Gasteiger partial charge in [-0.05, 0) is 44.5 Å². The van der Waals surface area contributed by atoms with Gasteiger partial charge in [0.2, 0.25) is 0 Å². The zero-order chi connectivity index (χ0) is 15.2. The third kappa shape index (κ3) is 5.14. The zero-order valence-corrected chi connectivity index (χ0v) is 15.5. The highest BCUT2D eigenvalue weighted by atomic mass is 79.9. The summed E-state index contributed by atoms with van der Waals surface area (Å²) >= 11 is 3.41. The lowest BCUT2D eigenvalue weighted by Crippen LogP contribution is -2.47. The number of nitrogens with one attached hydrogen (secondary N) is 1. The number of carbonyl (C=O) groups excluding carboxylic acids is 1. The van der Waals surface area contributed by atoms with Crippen LogP contribution in [0.15, 0.2) is 28.7 Å². The van der Waals surface area contributed by atoms with Crippen molar-refractivity contribution in [1.29, 1.82) is 0 Å². The molecule has 1 heterocycles. The molecule has 1 aliphatic heterocycles. The number of halogens is 2. The van der Waals surface area contributed by atoms with Crippen LogP contribution in [0.1, 0.15) is 26.7 Å². The molecule has 2 unspecified atom stereocenters. The first kappa shape index (κ1) is 19.3. The lowest BCUT2D eigenvalue weighted by Gasteiger charge is -2.30. The molecule has 22 heavy (non-hydrogen) atoms. The number of amides is 1. The van der Waals surface area contributed by atoms with Gasteiger partial charge in [-0.15, -0.1) is 12.4 Å². The predicted octanol–water partition coefficient (Wildman–Crippen LogP) is 3.24. The Kier molecular flexibility index (Phi) is 8.21. The fourth-order valence-corrected chi connectivity index (χ4v) is 3.03. The van der Waals surface area contributed by atoms with Crippen molar-refractivity contribution in [2.75, 3.05) is 19.6 Å². The van der Waals surface area contributed by atoms with E-state index >= 15 is 0 Å². The summed E-state index contributed by atoms with van der Waals surface area (Å²) in [5.41, 5.74) is 0. The van der Waals surface area contributed by atoms with Gasteiger partial charge in [0.15, 0.2) is 6.10 Å². The van der Waals surface area contributed by atoms with Gasteiger partial charge in [-0.1, -0.05) is 28.9 Å². The van der Waals surface area contributed by atoms with Crippen LogP contribution in [0.2, 0.25) is 0 Å². The number of nitrogens with zero attached hydrogens (tertiary/aromatic N) is 1. The molecule has 0 aliphatic carbocycles. The number of carbonyl (C=O) groups is 1. The Morgan fingerprint density at radius 2 is 2.32 bits per heavy atom. The summed E-state index contributed by atoms with van der Waals surface area (Å²) < 4.78 is 6.75. The molecule has 2 rings (SSSR count). The summed E-state index contributed by atoms with van der Waals surface area (Å²) in [6, 6.07) is 7.89. The van der Waals surface area contributed by atoms with Gasteiger partial charge in [-0.3, -0.25) is 4.79 Å². The molecule has 6 heteroatoms. The minimum absolute atomic E-state index is 0. The fourth-order valence-electron chi connectivity index (χ4n) is 2.65. The molecule has 0 spiro atoms. The molecule has 4 nitrogen and oxygen atoms in total. The van der Waals surface area contributed by atoms with Gasteiger partial charge in [-0.2, -0.15) is 0 Å². The molecular formula is C16H24BrClN2O2. The first-order valence-electron chi connectivity index (χ1n) is 7.55. The monoisotopic (exact) mass is 390 g/mol. The van der Waals surface area contributed by atoms with Crippen molar-refractivity contribution in [2.45, 2.75) is 38.8 Å². The first-order chi connectivity index (χ1) is 10.1. The molecule has 1 aromatic carbocycles. The maximum Gasteiger partial charge on any atom is 0.263 e. The molecule has 1 N–H and O–H groups in total. The summed E-state index contributed by atoms with van der Waals surface area (Å²) in [6.07, 6.45) is 1.52. The molecule has 0 radical (unpaired) electrons. The van der Waals surface area contributed by atoms with Crippen molar-refractivity contribution in [3.63, 3.8) is 0 Å². The average molecular weight is 392 g/mol. The zero-order valence-electron chi connectivity index (χ0n) is 13.0. The number of ether oxygens (including phenoxy) is 1. The quantitative estimate of drug-likeness (QED) is 0.809. The molecule has 2 atom stereocenters. The highest BCUT2D eigenvalue weighted by Crippen LogP contribution is 2.20. The van der Waals surface area contributed by atoms with Gasteiger partial charge in [0, 0.05) is 23.6 Å². The average Bonchev–Trinajstić information content (AvgIpc) is 2.98. The largest absolute Gasteiger partial charge is 0.481 e. The van der Waals surface area contributed by atoms with Gasteiger partial charge < -0.3 is 15.0 Å². The van der Waals surface area contributed by atoms with Crippen LogP contribution in [0.25, 0.3) is 0 Å². The molecule has 1 aromatic rings. The van der Waals surface area contributed by atoms with Crippen LogP contribution in [0.4, 0.5) is 0 Å². The second-order valence-corrected chi connectivity index (χ2v) is 6.31. The van der Waals surface area contributed by atoms with Gasteiger partial charge in [0.05, 0.1) is 0 Å². The van der Waals surface area contributed by atoms with Crippen molar-refractivity contribution in [3.8, 4) is 5.75 Å². The predicted molar refractivity (Wildman–Crippen MR) is 94.8 cm³/mol. The van der Waals surface area contributed by atoms with Crippen LogP contribution in [0, 0.1) is 0 Å². The SMILES string of the molecule is CCCN(C(=O)C(C)Oc1cccc(Br)c1)C1CCNC1.Cl. The number of hydrogen-bond donors (Lipinski definition) is 1. The Morgan fingerprint density at radius 1 is 1.55 bits per heavy atom. The summed E-state index contributed by atoms with van der Waals surface area (Å²) in [5, 5.41) is 3.32. The van der Waals surface area contributed by atoms with E-state index in [1.807, 2.05) is 36.1 Å². The van der Waals surface area contributed by atoms with Crippen molar-refractivity contribution < 1.29 is 9.53 Å². The van der Waals surface area contributed by atoms with Crippen LogP contribution < -0.4 is 10.1 Å². The van der Waals surface area contributed by atoms with Crippen LogP contribution in [0.3, 0.4) is 0 Å². The molecule has 1 amide bonds. The Bertz CT molecular complexity index is 481. The third-order valence-electron chi connectivity index (χ3n) is 3.68. The highest BCUT2D eigenvalue weighted by Gasteiger charge is 2.29. The Hall–Kier alpha value is -0.780. The van der Waals surface area contributed by atoms with Crippen molar-refractivity contribution >= 4 is 34.2 Å². The van der Waals surface area contributed by atoms with Crippen LogP contribution >= 0.6 is 28.3 Å². The van der Waals surface area contributed by atoms with E-state index in [4.69, 9.17) is 4.74 Å². The van der Waals surface area contributed by atoms with Gasteiger partial charge >= 0.3 is 0 Å². The molecular weight excluding hydrogens is 368 g/mol. The fraction of sp³-hybridized carbons (Fsp3) is 0.562. The van der Waals surface area contributed by atoms with E-state index < -0.39 is 6.10 Å². The summed E-state index contributed by atoms with van der Waals surface area (Å²) in [4.78, 5) is 14.6. The topological polar surface area (TPSA) is 41.6 Å². The van der Waals surface area contributed by atoms with E-state index in [0.29, 0.717) is 11.8 Å². The van der Waals surface area contributed by atoms with Gasteiger partial charge in [-0.25, -0.2) is 0 Å². The maximum atomic E-state index is 12.7. The third-order valence-corrected chi connectivity index (χ3v) is 4.17. The Balaban J connectivity index is 0.00000242. The minimum atomic E-state index is -0.466. The standard InChI is InChI=1S/C16H23BrN2O2.ClH/c1-3-9-19(14-7-8-18-11-14)16(20)12(2)21-15-6-4-5-13(17)10-15;/h4-6,10,12,14,18H,3,7-9,11H2,1-2H3;1H. The van der Waals surface area contributed by atoms with E-state index in [1.165, 1.54) is 0 Å².